The van der Waals surface area contributed by atoms with Crippen molar-refractivity contribution in [1.82, 2.24) is 24.9 Å². The first kappa shape index (κ1) is 13.1. The molecule has 1 saturated heterocycles. The Hall–Kier alpha value is -2.95. The zero-order valence-corrected chi connectivity index (χ0v) is 11.3. The molecule has 0 unspecified atom stereocenters. The molecule has 0 spiro atoms. The van der Waals surface area contributed by atoms with E-state index >= 15 is 0 Å². The number of carbonyl (C=O) groups excluding carboxylic acids is 1. The first-order chi connectivity index (χ1) is 10.2. The van der Waals surface area contributed by atoms with Crippen molar-refractivity contribution >= 4 is 5.91 Å². The van der Waals surface area contributed by atoms with Crippen LogP contribution >= 0.6 is 0 Å². The molecule has 0 N–H and O–H groups in total. The number of nitriles is 1. The van der Waals surface area contributed by atoms with Gasteiger partial charge in [-0.2, -0.15) is 5.26 Å². The Morgan fingerprint density at radius 2 is 2.33 bits per heavy atom. The number of amides is 1. The molecule has 1 amide bonds. The van der Waals surface area contributed by atoms with Gasteiger partial charge < -0.3 is 9.64 Å². The van der Waals surface area contributed by atoms with E-state index in [1.54, 1.807) is 30.3 Å². The molecule has 0 radical (unpaired) electrons. The number of rotatable bonds is 3. The Morgan fingerprint density at radius 3 is 3.00 bits per heavy atom. The molecule has 2 aromatic rings. The van der Waals surface area contributed by atoms with Crippen molar-refractivity contribution in [3.05, 3.63) is 35.9 Å². The molecule has 2 aromatic heterocycles. The van der Waals surface area contributed by atoms with Crippen LogP contribution in [0.2, 0.25) is 0 Å². The third kappa shape index (κ3) is 2.67. The summed E-state index contributed by atoms with van der Waals surface area (Å²) in [6.07, 6.45) is 3.02. The number of aromatic nitrogens is 4. The van der Waals surface area contributed by atoms with Gasteiger partial charge in [-0.1, -0.05) is 5.21 Å². The Kier molecular flexibility index (Phi) is 3.23. The average molecular weight is 284 g/mol. The van der Waals surface area contributed by atoms with Crippen molar-refractivity contribution in [1.29, 1.82) is 5.26 Å². The van der Waals surface area contributed by atoms with Crippen molar-refractivity contribution in [2.75, 3.05) is 13.1 Å². The summed E-state index contributed by atoms with van der Waals surface area (Å²) < 4.78 is 7.18. The van der Waals surface area contributed by atoms with Crippen LogP contribution in [0.25, 0.3) is 0 Å². The predicted molar refractivity (Wildman–Crippen MR) is 70.3 cm³/mol. The van der Waals surface area contributed by atoms with Crippen molar-refractivity contribution < 1.29 is 9.53 Å². The maximum Gasteiger partial charge on any atom is 0.276 e. The topological polar surface area (TPSA) is 96.9 Å². The van der Waals surface area contributed by atoms with Gasteiger partial charge in [0.15, 0.2) is 5.69 Å². The lowest BCUT2D eigenvalue weighted by Crippen LogP contribution is -2.56. The Bertz CT molecular complexity index is 713. The van der Waals surface area contributed by atoms with Crippen molar-refractivity contribution in [3.8, 4) is 11.8 Å². The van der Waals surface area contributed by atoms with Crippen LogP contribution in [0.15, 0.2) is 24.5 Å². The average Bonchev–Trinajstić information content (AvgIpc) is 2.88. The predicted octanol–water partition coefficient (Wildman–Crippen LogP) is -0.0148. The van der Waals surface area contributed by atoms with Gasteiger partial charge in [0.25, 0.3) is 5.91 Å². The standard InChI is InChI=1S/C13H12N6O2/c1-18-8-12(16-17-18)13(20)19-6-11(7-19)21-10-2-3-15-9(4-10)5-14/h2-4,8,11H,6-7H2,1H3. The van der Waals surface area contributed by atoms with E-state index in [9.17, 15) is 4.79 Å². The lowest BCUT2D eigenvalue weighted by molar-refractivity contribution is 0.0173. The minimum absolute atomic E-state index is 0.0837. The molecule has 8 nitrogen and oxygen atoms in total. The Balaban J connectivity index is 1.56. The van der Waals surface area contributed by atoms with Gasteiger partial charge in [-0.15, -0.1) is 5.10 Å². The number of pyridine rings is 1. The summed E-state index contributed by atoms with van der Waals surface area (Å²) in [5, 5.41) is 16.3. The molecule has 3 heterocycles. The molecule has 3 rings (SSSR count). The van der Waals surface area contributed by atoms with Crippen LogP contribution in [0.4, 0.5) is 0 Å². The first-order valence-electron chi connectivity index (χ1n) is 6.34. The highest BCUT2D eigenvalue weighted by atomic mass is 16.5. The normalized spacial score (nSPS) is 14.4. The summed E-state index contributed by atoms with van der Waals surface area (Å²) in [5.74, 6) is 0.425. The van der Waals surface area contributed by atoms with Gasteiger partial charge >= 0.3 is 0 Å². The Morgan fingerprint density at radius 1 is 1.52 bits per heavy atom. The van der Waals surface area contributed by atoms with E-state index in [2.05, 4.69) is 15.3 Å². The second-order valence-corrected chi connectivity index (χ2v) is 4.72. The van der Waals surface area contributed by atoms with E-state index in [0.717, 1.165) is 0 Å². The van der Waals surface area contributed by atoms with Crippen LogP contribution in [0, 0.1) is 11.3 Å². The van der Waals surface area contributed by atoms with E-state index in [1.165, 1.54) is 10.9 Å². The number of nitrogens with zero attached hydrogens (tertiary/aromatic N) is 6. The number of ether oxygens (including phenoxy) is 1. The van der Waals surface area contributed by atoms with Crippen LogP contribution in [0.1, 0.15) is 16.2 Å². The van der Waals surface area contributed by atoms with Crippen molar-refractivity contribution in [2.45, 2.75) is 6.10 Å². The second kappa shape index (κ2) is 5.20. The highest BCUT2D eigenvalue weighted by Crippen LogP contribution is 2.19. The quantitative estimate of drug-likeness (QED) is 0.786. The summed E-state index contributed by atoms with van der Waals surface area (Å²) in [4.78, 5) is 17.6. The van der Waals surface area contributed by atoms with Crippen LogP contribution in [0.3, 0.4) is 0 Å². The van der Waals surface area contributed by atoms with E-state index in [0.29, 0.717) is 30.2 Å². The molecule has 8 heteroatoms. The van der Waals surface area contributed by atoms with Crippen LogP contribution in [-0.4, -0.2) is 50.0 Å². The molecule has 0 aliphatic carbocycles. The zero-order valence-electron chi connectivity index (χ0n) is 11.3. The van der Waals surface area contributed by atoms with E-state index in [4.69, 9.17) is 10.00 Å². The highest BCUT2D eigenvalue weighted by molar-refractivity contribution is 5.92. The number of aryl methyl sites for hydroxylation is 1. The summed E-state index contributed by atoms with van der Waals surface area (Å²) in [7, 11) is 1.71. The summed E-state index contributed by atoms with van der Waals surface area (Å²) in [5.41, 5.74) is 0.631. The summed E-state index contributed by atoms with van der Waals surface area (Å²) in [6, 6.07) is 5.22. The number of likely N-dealkylation sites (tertiary alicyclic amines) is 1. The highest BCUT2D eigenvalue weighted by Gasteiger charge is 2.34. The third-order valence-corrected chi connectivity index (χ3v) is 3.11. The largest absolute Gasteiger partial charge is 0.487 e. The fourth-order valence-corrected chi connectivity index (χ4v) is 2.02. The van der Waals surface area contributed by atoms with E-state index in [1.807, 2.05) is 6.07 Å². The molecule has 1 aliphatic heterocycles. The SMILES string of the molecule is Cn1cc(C(=O)N2CC(Oc3ccnc(C#N)c3)C2)nn1. The van der Waals surface area contributed by atoms with Crippen molar-refractivity contribution in [2.24, 2.45) is 7.05 Å². The van der Waals surface area contributed by atoms with Gasteiger partial charge in [0.2, 0.25) is 0 Å². The maximum absolute atomic E-state index is 12.0. The molecule has 0 bridgehead atoms. The summed E-state index contributed by atoms with van der Waals surface area (Å²) >= 11 is 0. The van der Waals surface area contributed by atoms with Crippen LogP contribution in [0.5, 0.6) is 5.75 Å². The molecule has 106 valence electrons. The van der Waals surface area contributed by atoms with Crippen LogP contribution < -0.4 is 4.74 Å². The van der Waals surface area contributed by atoms with Gasteiger partial charge in [-0.3, -0.25) is 9.48 Å². The van der Waals surface area contributed by atoms with Gasteiger partial charge in [0.1, 0.15) is 23.6 Å². The monoisotopic (exact) mass is 284 g/mol. The van der Waals surface area contributed by atoms with Gasteiger partial charge in [0, 0.05) is 19.3 Å². The number of hydrogen-bond acceptors (Lipinski definition) is 6. The Labute approximate surface area is 120 Å². The molecule has 0 aromatic carbocycles. The molecule has 0 atom stereocenters. The molecular formula is C13H12N6O2. The molecule has 21 heavy (non-hydrogen) atoms. The molecule has 1 aliphatic rings. The van der Waals surface area contributed by atoms with E-state index < -0.39 is 0 Å². The fourth-order valence-electron chi connectivity index (χ4n) is 2.02. The molecule has 0 saturated carbocycles. The first-order valence-corrected chi connectivity index (χ1v) is 6.34. The van der Waals surface area contributed by atoms with Crippen LogP contribution in [-0.2, 0) is 7.05 Å². The lowest BCUT2D eigenvalue weighted by Gasteiger charge is -2.38. The van der Waals surface area contributed by atoms with E-state index in [-0.39, 0.29) is 12.0 Å². The lowest BCUT2D eigenvalue weighted by atomic mass is 10.1. The number of carbonyl (C=O) groups is 1. The zero-order chi connectivity index (χ0) is 14.8. The van der Waals surface area contributed by atoms with Gasteiger partial charge in [-0.25, -0.2) is 4.98 Å². The minimum Gasteiger partial charge on any atom is -0.487 e. The number of hydrogen-bond donors (Lipinski definition) is 0. The minimum atomic E-state index is -0.157. The third-order valence-electron chi connectivity index (χ3n) is 3.11. The molecular weight excluding hydrogens is 272 g/mol. The van der Waals surface area contributed by atoms with Gasteiger partial charge in [-0.05, 0) is 6.07 Å². The maximum atomic E-state index is 12.0. The smallest absolute Gasteiger partial charge is 0.276 e. The summed E-state index contributed by atoms with van der Waals surface area (Å²) in [6.45, 7) is 0.971. The second-order valence-electron chi connectivity index (χ2n) is 4.72. The van der Waals surface area contributed by atoms with Gasteiger partial charge in [0.05, 0.1) is 19.3 Å². The molecule has 1 fully saturated rings. The fraction of sp³-hybridized carbons (Fsp3) is 0.308. The van der Waals surface area contributed by atoms with Crippen molar-refractivity contribution in [3.63, 3.8) is 0 Å².